The molecule has 0 saturated carbocycles. The van der Waals surface area contributed by atoms with Crippen LogP contribution in [0.15, 0.2) is 17.0 Å². The number of phenolic OH excluding ortho intramolecular Hbond substituents is 1. The number of ketones is 1. The van der Waals surface area contributed by atoms with Crippen molar-refractivity contribution in [3.63, 3.8) is 0 Å². The Morgan fingerprint density at radius 2 is 1.93 bits per heavy atom. The van der Waals surface area contributed by atoms with Crippen molar-refractivity contribution in [1.29, 1.82) is 0 Å². The number of aryl methyl sites for hydroxylation is 1. The summed E-state index contributed by atoms with van der Waals surface area (Å²) in [6, 6.07) is 3.26. The van der Waals surface area contributed by atoms with E-state index in [1.165, 1.54) is 11.8 Å². The molecule has 5 heteroatoms. The van der Waals surface area contributed by atoms with Crippen LogP contribution in [0.3, 0.4) is 0 Å². The zero-order valence-electron chi connectivity index (χ0n) is 8.27. The number of thioether (sulfide) groups is 1. The second-order valence-corrected chi connectivity index (χ2v) is 3.79. The summed E-state index contributed by atoms with van der Waals surface area (Å²) in [5.74, 6) is -2.90. The van der Waals surface area contributed by atoms with Crippen molar-refractivity contribution in [3.05, 3.63) is 23.3 Å². The van der Waals surface area contributed by atoms with E-state index in [1.807, 2.05) is 0 Å². The van der Waals surface area contributed by atoms with Gasteiger partial charge in [0.2, 0.25) is 0 Å². The topological polar surface area (TPSA) is 74.6 Å². The number of hydrogen-bond donors (Lipinski definition) is 2. The number of phenols is 1. The monoisotopic (exact) mass is 226 g/mol. The number of carboxylic acids is 1. The SMILES string of the molecule is CSc1ccc(C)c(O)c1C(=O)C(=O)O. The van der Waals surface area contributed by atoms with Gasteiger partial charge in [0.15, 0.2) is 0 Å². The summed E-state index contributed by atoms with van der Waals surface area (Å²) in [5.41, 5.74) is 0.354. The van der Waals surface area contributed by atoms with Gasteiger partial charge in [-0.15, -0.1) is 11.8 Å². The molecule has 2 N–H and O–H groups in total. The second kappa shape index (κ2) is 4.35. The summed E-state index contributed by atoms with van der Waals surface area (Å²) in [5, 5.41) is 18.2. The molecule has 0 saturated heterocycles. The van der Waals surface area contributed by atoms with Crippen LogP contribution in [0.4, 0.5) is 0 Å². The van der Waals surface area contributed by atoms with Crippen molar-refractivity contribution in [2.75, 3.05) is 6.26 Å². The van der Waals surface area contributed by atoms with Gasteiger partial charge in [-0.3, -0.25) is 4.79 Å². The first kappa shape index (κ1) is 11.6. The Bertz CT molecular complexity index is 426. The molecule has 15 heavy (non-hydrogen) atoms. The van der Waals surface area contributed by atoms with Crippen LogP contribution in [-0.2, 0) is 4.79 Å². The standard InChI is InChI=1S/C10H10O4S/c1-5-3-4-6(15-2)7(8(5)11)9(12)10(13)14/h3-4,11H,1-2H3,(H,13,14). The summed E-state index contributed by atoms with van der Waals surface area (Å²) in [6.45, 7) is 1.61. The predicted octanol–water partition coefficient (Wildman–Crippen LogP) is 1.69. The maximum absolute atomic E-state index is 11.3. The number of aromatic hydroxyl groups is 1. The Morgan fingerprint density at radius 3 is 2.40 bits per heavy atom. The molecule has 0 bridgehead atoms. The Morgan fingerprint density at radius 1 is 1.33 bits per heavy atom. The molecule has 0 aromatic heterocycles. The van der Waals surface area contributed by atoms with E-state index < -0.39 is 11.8 Å². The number of carbonyl (C=O) groups is 2. The normalized spacial score (nSPS) is 10.0. The first-order chi connectivity index (χ1) is 6.99. The van der Waals surface area contributed by atoms with E-state index in [-0.39, 0.29) is 11.3 Å². The van der Waals surface area contributed by atoms with Crippen LogP contribution in [0.25, 0.3) is 0 Å². The predicted molar refractivity (Wildman–Crippen MR) is 56.6 cm³/mol. The third-order valence-electron chi connectivity index (χ3n) is 1.98. The third-order valence-corrected chi connectivity index (χ3v) is 2.76. The summed E-state index contributed by atoms with van der Waals surface area (Å²) in [7, 11) is 0. The van der Waals surface area contributed by atoms with Crippen LogP contribution in [0.1, 0.15) is 15.9 Å². The van der Waals surface area contributed by atoms with Crippen LogP contribution in [0.2, 0.25) is 0 Å². The number of benzene rings is 1. The smallest absolute Gasteiger partial charge is 0.377 e. The van der Waals surface area contributed by atoms with Gasteiger partial charge in [-0.2, -0.15) is 0 Å². The minimum atomic E-state index is -1.56. The lowest BCUT2D eigenvalue weighted by Gasteiger charge is -2.08. The van der Waals surface area contributed by atoms with E-state index >= 15 is 0 Å². The minimum Gasteiger partial charge on any atom is -0.507 e. The third kappa shape index (κ3) is 2.12. The molecular formula is C10H10O4S. The van der Waals surface area contributed by atoms with Gasteiger partial charge in [-0.1, -0.05) is 6.07 Å². The molecule has 0 radical (unpaired) electrons. The van der Waals surface area contributed by atoms with E-state index in [2.05, 4.69) is 0 Å². The highest BCUT2D eigenvalue weighted by atomic mass is 32.2. The van der Waals surface area contributed by atoms with Crippen LogP contribution in [0, 0.1) is 6.92 Å². The van der Waals surface area contributed by atoms with Gasteiger partial charge < -0.3 is 10.2 Å². The summed E-state index contributed by atoms with van der Waals surface area (Å²) in [4.78, 5) is 22.3. The number of rotatable bonds is 3. The first-order valence-corrected chi connectivity index (χ1v) is 5.35. The van der Waals surface area contributed by atoms with E-state index in [1.54, 1.807) is 25.3 Å². The average molecular weight is 226 g/mol. The van der Waals surface area contributed by atoms with Gasteiger partial charge in [0.25, 0.3) is 5.78 Å². The van der Waals surface area contributed by atoms with Gasteiger partial charge in [0.05, 0.1) is 5.56 Å². The largest absolute Gasteiger partial charge is 0.507 e. The van der Waals surface area contributed by atoms with Crippen molar-refractivity contribution in [3.8, 4) is 5.75 Å². The maximum atomic E-state index is 11.3. The van der Waals surface area contributed by atoms with Gasteiger partial charge in [-0.05, 0) is 24.8 Å². The van der Waals surface area contributed by atoms with E-state index in [9.17, 15) is 14.7 Å². The lowest BCUT2D eigenvalue weighted by molar-refractivity contribution is -0.131. The lowest BCUT2D eigenvalue weighted by Crippen LogP contribution is -2.14. The molecule has 0 fully saturated rings. The number of carboxylic acid groups (broad SMARTS) is 1. The number of hydrogen-bond acceptors (Lipinski definition) is 4. The number of aliphatic carboxylic acids is 1. The molecule has 0 unspecified atom stereocenters. The van der Waals surface area contributed by atoms with E-state index in [4.69, 9.17) is 5.11 Å². The Labute approximate surface area is 90.9 Å². The molecule has 1 aromatic carbocycles. The summed E-state index contributed by atoms with van der Waals surface area (Å²) >= 11 is 1.22. The highest BCUT2D eigenvalue weighted by Gasteiger charge is 2.23. The summed E-state index contributed by atoms with van der Waals surface area (Å²) in [6.07, 6.45) is 1.71. The van der Waals surface area contributed by atoms with Crippen LogP contribution < -0.4 is 0 Å². The molecule has 1 aromatic rings. The number of carbonyl (C=O) groups excluding carboxylic acids is 1. The van der Waals surface area contributed by atoms with Crippen molar-refractivity contribution >= 4 is 23.5 Å². The van der Waals surface area contributed by atoms with Gasteiger partial charge in [-0.25, -0.2) is 4.79 Å². The van der Waals surface area contributed by atoms with Crippen LogP contribution in [0.5, 0.6) is 5.75 Å². The van der Waals surface area contributed by atoms with Gasteiger partial charge in [0, 0.05) is 4.90 Å². The molecule has 0 heterocycles. The summed E-state index contributed by atoms with van der Waals surface area (Å²) < 4.78 is 0. The molecule has 1 rings (SSSR count). The molecule has 0 atom stereocenters. The zero-order chi connectivity index (χ0) is 11.6. The number of Topliss-reactive ketones (excluding diaryl/α,β-unsaturated/α-hetero) is 1. The van der Waals surface area contributed by atoms with Gasteiger partial charge in [0.1, 0.15) is 5.75 Å². The van der Waals surface area contributed by atoms with Crippen molar-refractivity contribution in [2.45, 2.75) is 11.8 Å². The van der Waals surface area contributed by atoms with Crippen molar-refractivity contribution in [2.24, 2.45) is 0 Å². The Hall–Kier alpha value is -1.49. The van der Waals surface area contributed by atoms with Crippen molar-refractivity contribution in [1.82, 2.24) is 0 Å². The lowest BCUT2D eigenvalue weighted by atomic mass is 10.1. The van der Waals surface area contributed by atoms with E-state index in [0.29, 0.717) is 10.5 Å². The molecule has 0 amide bonds. The fraction of sp³-hybridized carbons (Fsp3) is 0.200. The van der Waals surface area contributed by atoms with Crippen LogP contribution in [-0.4, -0.2) is 28.2 Å². The average Bonchev–Trinajstić information content (AvgIpc) is 2.20. The second-order valence-electron chi connectivity index (χ2n) is 2.94. The first-order valence-electron chi connectivity index (χ1n) is 4.13. The molecule has 0 spiro atoms. The van der Waals surface area contributed by atoms with Gasteiger partial charge >= 0.3 is 5.97 Å². The molecular weight excluding hydrogens is 216 g/mol. The Balaban J connectivity index is 3.42. The van der Waals surface area contributed by atoms with E-state index in [0.717, 1.165) is 0 Å². The molecule has 0 aliphatic carbocycles. The van der Waals surface area contributed by atoms with Crippen LogP contribution >= 0.6 is 11.8 Å². The fourth-order valence-electron chi connectivity index (χ4n) is 1.17. The van der Waals surface area contributed by atoms with Crippen molar-refractivity contribution < 1.29 is 19.8 Å². The highest BCUT2D eigenvalue weighted by Crippen LogP contribution is 2.31. The minimum absolute atomic E-state index is 0.130. The zero-order valence-corrected chi connectivity index (χ0v) is 9.09. The molecule has 80 valence electrons. The molecule has 0 aliphatic heterocycles. The Kier molecular flexibility index (Phi) is 3.36. The fourth-order valence-corrected chi connectivity index (χ4v) is 1.77. The highest BCUT2D eigenvalue weighted by molar-refractivity contribution is 7.98. The molecule has 0 aliphatic rings. The maximum Gasteiger partial charge on any atom is 0.377 e. The quantitative estimate of drug-likeness (QED) is 0.466. The molecule has 4 nitrogen and oxygen atoms in total.